The first-order chi connectivity index (χ1) is 6.74. The number of hydrogen-bond acceptors (Lipinski definition) is 2. The normalized spacial score (nSPS) is 33.0. The van der Waals surface area contributed by atoms with Gasteiger partial charge in [-0.2, -0.15) is 0 Å². The monoisotopic (exact) mass is 190 g/mol. The van der Waals surface area contributed by atoms with Crippen LogP contribution in [0.15, 0.2) is 24.3 Å². The Kier molecular flexibility index (Phi) is 1.35. The summed E-state index contributed by atoms with van der Waals surface area (Å²) in [7, 11) is 0. The molecule has 0 aliphatic carbocycles. The highest BCUT2D eigenvalue weighted by Crippen LogP contribution is 2.54. The van der Waals surface area contributed by atoms with Crippen molar-refractivity contribution in [2.24, 2.45) is 0 Å². The van der Waals surface area contributed by atoms with Gasteiger partial charge in [-0.3, -0.25) is 0 Å². The van der Waals surface area contributed by atoms with Crippen LogP contribution in [-0.4, -0.2) is 11.1 Å². The van der Waals surface area contributed by atoms with Gasteiger partial charge in [0.25, 0.3) is 0 Å². The molecule has 2 bridgehead atoms. The van der Waals surface area contributed by atoms with Gasteiger partial charge in [-0.15, -0.1) is 0 Å². The molecule has 1 aromatic carbocycles. The van der Waals surface area contributed by atoms with Gasteiger partial charge >= 0.3 is 5.97 Å². The smallest absolute Gasteiger partial charge is 0.340 e. The van der Waals surface area contributed by atoms with Crippen molar-refractivity contribution in [3.8, 4) is 0 Å². The molecule has 0 saturated carbocycles. The van der Waals surface area contributed by atoms with Crippen molar-refractivity contribution in [2.75, 3.05) is 0 Å². The molecule has 1 N–H and O–H groups in total. The van der Waals surface area contributed by atoms with E-state index in [1.54, 1.807) is 0 Å². The lowest BCUT2D eigenvalue weighted by Gasteiger charge is -2.20. The van der Waals surface area contributed by atoms with E-state index in [9.17, 15) is 9.90 Å². The molecule has 0 radical (unpaired) electrons. The first-order valence-electron chi connectivity index (χ1n) is 4.75. The molecule has 3 nitrogen and oxygen atoms in total. The quantitative estimate of drug-likeness (QED) is 0.734. The number of hydrogen-bond donors (Lipinski definition) is 1. The average Bonchev–Trinajstić information content (AvgIpc) is 2.75. The molecular weight excluding hydrogens is 180 g/mol. The Labute approximate surface area is 81.3 Å². The molecule has 0 unspecified atom stereocenters. The number of carboxylic acid groups (broad SMARTS) is 1. The number of ether oxygens (including phenoxy) is 1. The second-order valence-electron chi connectivity index (χ2n) is 3.86. The fraction of sp³-hybridized carbons (Fsp3) is 0.364. The maximum Gasteiger partial charge on any atom is 0.340 e. The molecule has 14 heavy (non-hydrogen) atoms. The summed E-state index contributed by atoms with van der Waals surface area (Å²) in [5.74, 6) is -0.857. The van der Waals surface area contributed by atoms with Crippen LogP contribution in [0.2, 0.25) is 0 Å². The lowest BCUT2D eigenvalue weighted by Crippen LogP contribution is -2.32. The summed E-state index contributed by atoms with van der Waals surface area (Å²) in [4.78, 5) is 11.2. The van der Waals surface area contributed by atoms with Gasteiger partial charge < -0.3 is 9.84 Å². The molecule has 2 heterocycles. The minimum Gasteiger partial charge on any atom is -0.479 e. The summed E-state index contributed by atoms with van der Waals surface area (Å²) in [6, 6.07) is 7.62. The molecule has 1 saturated heterocycles. The maximum atomic E-state index is 11.2. The molecule has 0 amide bonds. The molecule has 0 spiro atoms. The number of benzene rings is 1. The average molecular weight is 190 g/mol. The van der Waals surface area contributed by atoms with Crippen LogP contribution in [0.4, 0.5) is 0 Å². The summed E-state index contributed by atoms with van der Waals surface area (Å²) in [5, 5.41) is 9.21. The first-order valence-corrected chi connectivity index (χ1v) is 4.75. The fourth-order valence-electron chi connectivity index (χ4n) is 2.53. The molecular formula is C11H10O3. The van der Waals surface area contributed by atoms with E-state index in [0.29, 0.717) is 6.42 Å². The maximum absolute atomic E-state index is 11.2. The van der Waals surface area contributed by atoms with Crippen LogP contribution in [0.5, 0.6) is 0 Å². The van der Waals surface area contributed by atoms with Crippen molar-refractivity contribution in [2.45, 2.75) is 24.5 Å². The van der Waals surface area contributed by atoms with Crippen LogP contribution < -0.4 is 0 Å². The number of carboxylic acids is 1. The molecule has 2 atom stereocenters. The van der Waals surface area contributed by atoms with Crippen LogP contribution >= 0.6 is 0 Å². The summed E-state index contributed by atoms with van der Waals surface area (Å²) >= 11 is 0. The minimum absolute atomic E-state index is 0.00213. The van der Waals surface area contributed by atoms with E-state index in [4.69, 9.17) is 4.74 Å². The van der Waals surface area contributed by atoms with Gasteiger partial charge in [0, 0.05) is 5.56 Å². The van der Waals surface area contributed by atoms with E-state index in [2.05, 4.69) is 0 Å². The Morgan fingerprint density at radius 1 is 1.50 bits per heavy atom. The Balaban J connectivity index is 2.24. The predicted molar refractivity (Wildman–Crippen MR) is 48.8 cm³/mol. The predicted octanol–water partition coefficient (Wildman–Crippen LogP) is 1.83. The molecule has 1 aromatic rings. The SMILES string of the molecule is O=C(O)[C@]12CC[C@H](O1)c1ccccc12. The van der Waals surface area contributed by atoms with Gasteiger partial charge in [0.15, 0.2) is 5.60 Å². The highest BCUT2D eigenvalue weighted by Gasteiger charge is 2.55. The van der Waals surface area contributed by atoms with Crippen molar-refractivity contribution >= 4 is 5.97 Å². The van der Waals surface area contributed by atoms with Crippen molar-refractivity contribution in [3.63, 3.8) is 0 Å². The van der Waals surface area contributed by atoms with Crippen LogP contribution in [0.1, 0.15) is 30.1 Å². The lowest BCUT2D eigenvalue weighted by atomic mass is 9.82. The highest BCUT2D eigenvalue weighted by atomic mass is 16.5. The van der Waals surface area contributed by atoms with Gasteiger partial charge in [0.05, 0.1) is 6.10 Å². The van der Waals surface area contributed by atoms with Gasteiger partial charge in [-0.25, -0.2) is 4.79 Å². The number of aliphatic carboxylic acids is 1. The molecule has 72 valence electrons. The minimum atomic E-state index is -1.04. The summed E-state index contributed by atoms with van der Waals surface area (Å²) < 4.78 is 5.59. The number of fused-ring (bicyclic) bond motifs is 5. The molecule has 3 heteroatoms. The molecule has 2 aliphatic heterocycles. The molecule has 1 fully saturated rings. The number of carbonyl (C=O) groups is 1. The third-order valence-electron chi connectivity index (χ3n) is 3.19. The van der Waals surface area contributed by atoms with E-state index in [0.717, 1.165) is 17.5 Å². The van der Waals surface area contributed by atoms with Gasteiger partial charge in [0.1, 0.15) is 0 Å². The highest BCUT2D eigenvalue weighted by molar-refractivity contribution is 5.82. The van der Waals surface area contributed by atoms with E-state index in [1.165, 1.54) is 0 Å². The van der Waals surface area contributed by atoms with Crippen molar-refractivity contribution in [1.29, 1.82) is 0 Å². The Morgan fingerprint density at radius 2 is 2.29 bits per heavy atom. The first kappa shape index (κ1) is 8.00. The summed E-state index contributed by atoms with van der Waals surface area (Å²) in [5.41, 5.74) is 0.867. The van der Waals surface area contributed by atoms with E-state index in [-0.39, 0.29) is 6.10 Å². The van der Waals surface area contributed by atoms with E-state index < -0.39 is 11.6 Å². The Hall–Kier alpha value is -1.35. The zero-order valence-electron chi connectivity index (χ0n) is 7.56. The van der Waals surface area contributed by atoms with Crippen LogP contribution in [0, 0.1) is 0 Å². The zero-order valence-corrected chi connectivity index (χ0v) is 7.56. The molecule has 3 rings (SSSR count). The van der Waals surface area contributed by atoms with Crippen molar-refractivity contribution < 1.29 is 14.6 Å². The van der Waals surface area contributed by atoms with E-state index >= 15 is 0 Å². The van der Waals surface area contributed by atoms with Crippen LogP contribution in [0.3, 0.4) is 0 Å². The van der Waals surface area contributed by atoms with Gasteiger partial charge in [-0.1, -0.05) is 24.3 Å². The number of rotatable bonds is 1. The van der Waals surface area contributed by atoms with E-state index in [1.807, 2.05) is 24.3 Å². The summed E-state index contributed by atoms with van der Waals surface area (Å²) in [6.45, 7) is 0. The third-order valence-corrected chi connectivity index (χ3v) is 3.19. The standard InChI is InChI=1S/C11H10O3/c12-10(13)11-6-5-9(14-11)7-3-1-2-4-8(7)11/h1-4,9H,5-6H2,(H,12,13)/t9-,11+/m0/s1. The Bertz CT molecular complexity index is 413. The Morgan fingerprint density at radius 3 is 3.07 bits per heavy atom. The molecule has 0 aromatic heterocycles. The lowest BCUT2D eigenvalue weighted by molar-refractivity contribution is -0.162. The summed E-state index contributed by atoms with van der Waals surface area (Å²) in [6.07, 6.45) is 1.43. The van der Waals surface area contributed by atoms with Crippen molar-refractivity contribution in [1.82, 2.24) is 0 Å². The van der Waals surface area contributed by atoms with Crippen molar-refractivity contribution in [3.05, 3.63) is 35.4 Å². The van der Waals surface area contributed by atoms with Gasteiger partial charge in [-0.05, 0) is 18.4 Å². The van der Waals surface area contributed by atoms with Gasteiger partial charge in [0.2, 0.25) is 0 Å². The van der Waals surface area contributed by atoms with Crippen LogP contribution in [0.25, 0.3) is 0 Å². The topological polar surface area (TPSA) is 46.5 Å². The fourth-order valence-corrected chi connectivity index (χ4v) is 2.53. The third kappa shape index (κ3) is 0.738. The molecule has 2 aliphatic rings. The second kappa shape index (κ2) is 2.36. The van der Waals surface area contributed by atoms with Crippen LogP contribution in [-0.2, 0) is 15.1 Å². The zero-order chi connectivity index (χ0) is 9.76. The second-order valence-corrected chi connectivity index (χ2v) is 3.86. The largest absolute Gasteiger partial charge is 0.479 e.